The quantitative estimate of drug-likeness (QED) is 0.471. The Morgan fingerprint density at radius 2 is 1.90 bits per heavy atom. The van der Waals surface area contributed by atoms with Gasteiger partial charge in [0, 0.05) is 37.7 Å². The first-order valence-electron chi connectivity index (χ1n) is 9.74. The smallest absolute Gasteiger partial charge is 0.229 e. The van der Waals surface area contributed by atoms with E-state index in [1.165, 1.54) is 0 Å². The number of hydrogen-bond donors (Lipinski definition) is 1. The zero-order chi connectivity index (χ0) is 20.5. The van der Waals surface area contributed by atoms with Crippen LogP contribution in [-0.4, -0.2) is 39.3 Å². The Kier molecular flexibility index (Phi) is 4.47. The third-order valence-corrected chi connectivity index (χ3v) is 4.89. The molecule has 0 atom stereocenters. The molecule has 9 nitrogen and oxygen atoms in total. The van der Waals surface area contributed by atoms with E-state index in [-0.39, 0.29) is 0 Å². The normalized spacial score (nSPS) is 11.3. The van der Waals surface area contributed by atoms with E-state index in [4.69, 9.17) is 0 Å². The molecule has 5 aromatic rings. The van der Waals surface area contributed by atoms with E-state index < -0.39 is 0 Å². The highest BCUT2D eigenvalue weighted by molar-refractivity contribution is 5.75. The number of aromatic nitrogens is 8. The monoisotopic (exact) mass is 399 g/mol. The number of nitrogens with one attached hydrogen (secondary N) is 1. The highest BCUT2D eigenvalue weighted by Crippen LogP contribution is 2.22. The lowest BCUT2D eigenvalue weighted by atomic mass is 10.1. The van der Waals surface area contributed by atoms with Crippen LogP contribution in [0.5, 0.6) is 0 Å². The zero-order valence-corrected chi connectivity index (χ0v) is 16.8. The second-order valence-corrected chi connectivity index (χ2v) is 7.09. The van der Waals surface area contributed by atoms with Gasteiger partial charge in [-0.25, -0.2) is 9.67 Å². The van der Waals surface area contributed by atoms with Crippen molar-refractivity contribution in [3.05, 3.63) is 67.0 Å². The lowest BCUT2D eigenvalue weighted by Crippen LogP contribution is -2.04. The molecule has 5 rings (SSSR count). The predicted octanol–water partition coefficient (Wildman–Crippen LogP) is 3.24. The van der Waals surface area contributed by atoms with E-state index in [0.717, 1.165) is 40.0 Å². The maximum absolute atomic E-state index is 4.66. The molecule has 0 spiro atoms. The number of aryl methyl sites for hydroxylation is 2. The zero-order valence-electron chi connectivity index (χ0n) is 16.8. The summed E-state index contributed by atoms with van der Waals surface area (Å²) >= 11 is 0. The van der Waals surface area contributed by atoms with E-state index >= 15 is 0 Å². The summed E-state index contributed by atoms with van der Waals surface area (Å²) in [5.41, 5.74) is 5.00. The van der Waals surface area contributed by atoms with Gasteiger partial charge in [0.15, 0.2) is 5.65 Å². The number of benzene rings is 1. The number of hydrogen-bond acceptors (Lipinski definition) is 6. The van der Waals surface area contributed by atoms with E-state index in [1.807, 2.05) is 28.8 Å². The summed E-state index contributed by atoms with van der Waals surface area (Å²) in [6.45, 7) is 3.55. The minimum atomic E-state index is 0.512. The molecule has 0 aliphatic carbocycles. The summed E-state index contributed by atoms with van der Waals surface area (Å²) < 4.78 is 5.54. The van der Waals surface area contributed by atoms with Crippen LogP contribution >= 0.6 is 0 Å². The van der Waals surface area contributed by atoms with Crippen molar-refractivity contribution in [3.8, 4) is 11.1 Å². The molecule has 0 aliphatic rings. The maximum atomic E-state index is 4.66. The molecular formula is C21H21N9. The average molecular weight is 399 g/mol. The van der Waals surface area contributed by atoms with Crippen molar-refractivity contribution in [1.82, 2.24) is 39.3 Å². The van der Waals surface area contributed by atoms with Crippen molar-refractivity contribution >= 4 is 22.7 Å². The van der Waals surface area contributed by atoms with Crippen molar-refractivity contribution < 1.29 is 0 Å². The average Bonchev–Trinajstić information content (AvgIpc) is 3.49. The van der Waals surface area contributed by atoms with Gasteiger partial charge in [-0.1, -0.05) is 18.2 Å². The third kappa shape index (κ3) is 3.52. The van der Waals surface area contributed by atoms with Gasteiger partial charge >= 0.3 is 0 Å². The van der Waals surface area contributed by atoms with Crippen LogP contribution in [0.3, 0.4) is 0 Å². The molecule has 0 saturated heterocycles. The van der Waals surface area contributed by atoms with Crippen LogP contribution in [0.1, 0.15) is 12.5 Å². The molecule has 4 aromatic heterocycles. The number of anilines is 2. The summed E-state index contributed by atoms with van der Waals surface area (Å²) in [5, 5.41) is 17.1. The minimum Gasteiger partial charge on any atom is -0.321 e. The number of fused-ring (bicyclic) bond motifs is 1. The Bertz CT molecular complexity index is 1310. The maximum Gasteiger partial charge on any atom is 0.229 e. The van der Waals surface area contributed by atoms with Gasteiger partial charge in [0.2, 0.25) is 5.95 Å². The van der Waals surface area contributed by atoms with Crippen LogP contribution < -0.4 is 5.32 Å². The van der Waals surface area contributed by atoms with Crippen molar-refractivity contribution in [2.75, 3.05) is 5.32 Å². The van der Waals surface area contributed by atoms with Crippen LogP contribution in [0, 0.1) is 0 Å². The molecule has 30 heavy (non-hydrogen) atoms. The predicted molar refractivity (Wildman–Crippen MR) is 114 cm³/mol. The molecule has 150 valence electrons. The highest BCUT2D eigenvalue weighted by Gasteiger charge is 2.09. The molecule has 1 aromatic carbocycles. The minimum absolute atomic E-state index is 0.512. The summed E-state index contributed by atoms with van der Waals surface area (Å²) in [7, 11) is 1.87. The lowest BCUT2D eigenvalue weighted by molar-refractivity contribution is 0.660. The number of nitrogens with zero attached hydrogens (tertiary/aromatic N) is 8. The van der Waals surface area contributed by atoms with E-state index in [0.29, 0.717) is 12.5 Å². The fourth-order valence-electron chi connectivity index (χ4n) is 3.37. The van der Waals surface area contributed by atoms with Crippen molar-refractivity contribution in [3.63, 3.8) is 0 Å². The molecule has 0 amide bonds. The summed E-state index contributed by atoms with van der Waals surface area (Å²) in [6, 6.07) is 8.42. The fraction of sp³-hybridized carbons (Fsp3) is 0.190. The van der Waals surface area contributed by atoms with E-state index in [9.17, 15) is 0 Å². The Morgan fingerprint density at radius 3 is 2.70 bits per heavy atom. The molecule has 4 heterocycles. The van der Waals surface area contributed by atoms with Gasteiger partial charge in [0.25, 0.3) is 0 Å². The van der Waals surface area contributed by atoms with Gasteiger partial charge in [0.1, 0.15) is 0 Å². The van der Waals surface area contributed by atoms with Crippen molar-refractivity contribution in [2.24, 2.45) is 7.05 Å². The molecule has 0 unspecified atom stereocenters. The first-order valence-corrected chi connectivity index (χ1v) is 9.74. The largest absolute Gasteiger partial charge is 0.321 e. The molecular weight excluding hydrogens is 378 g/mol. The van der Waals surface area contributed by atoms with Crippen LogP contribution in [0.2, 0.25) is 0 Å². The van der Waals surface area contributed by atoms with Gasteiger partial charge < -0.3 is 5.32 Å². The second kappa shape index (κ2) is 7.43. The standard InChI is InChI=1S/C21H21N9/c1-3-29-13-18(10-24-29)16-6-4-5-15(7-16)12-30-20-17(9-25-30)8-22-21(27-20)26-19-11-23-28(2)14-19/h4-11,13-14H,3,12H2,1-2H3,(H,22,26,27). The molecule has 0 fully saturated rings. The molecule has 9 heteroatoms. The summed E-state index contributed by atoms with van der Waals surface area (Å²) in [4.78, 5) is 9.03. The topological polar surface area (TPSA) is 91.3 Å². The summed E-state index contributed by atoms with van der Waals surface area (Å²) in [6.07, 6.45) is 11.1. The second-order valence-electron chi connectivity index (χ2n) is 7.09. The Morgan fingerprint density at radius 1 is 0.967 bits per heavy atom. The third-order valence-electron chi connectivity index (χ3n) is 4.89. The van der Waals surface area contributed by atoms with Crippen LogP contribution in [0.4, 0.5) is 11.6 Å². The Hall–Kier alpha value is -4.01. The Balaban J connectivity index is 1.42. The van der Waals surface area contributed by atoms with E-state index in [2.05, 4.69) is 68.0 Å². The first-order chi connectivity index (χ1) is 14.7. The van der Waals surface area contributed by atoms with Gasteiger partial charge in [-0.15, -0.1) is 0 Å². The van der Waals surface area contributed by atoms with Crippen LogP contribution in [-0.2, 0) is 20.1 Å². The molecule has 0 radical (unpaired) electrons. The van der Waals surface area contributed by atoms with Crippen molar-refractivity contribution in [2.45, 2.75) is 20.0 Å². The van der Waals surface area contributed by atoms with Gasteiger partial charge in [-0.2, -0.15) is 20.3 Å². The highest BCUT2D eigenvalue weighted by atomic mass is 15.3. The number of rotatable bonds is 6. The molecule has 1 N–H and O–H groups in total. The van der Waals surface area contributed by atoms with Crippen molar-refractivity contribution in [1.29, 1.82) is 0 Å². The molecule has 0 saturated carbocycles. The van der Waals surface area contributed by atoms with Crippen LogP contribution in [0.25, 0.3) is 22.2 Å². The molecule has 0 bridgehead atoms. The molecule has 0 aliphatic heterocycles. The first kappa shape index (κ1) is 18.0. The lowest BCUT2D eigenvalue weighted by Gasteiger charge is -2.07. The Labute approximate surface area is 173 Å². The van der Waals surface area contributed by atoms with Gasteiger partial charge in [0.05, 0.1) is 36.2 Å². The summed E-state index contributed by atoms with van der Waals surface area (Å²) in [5.74, 6) is 0.512. The van der Waals surface area contributed by atoms with E-state index in [1.54, 1.807) is 23.3 Å². The van der Waals surface area contributed by atoms with Gasteiger partial charge in [-0.3, -0.25) is 9.36 Å². The fourth-order valence-corrected chi connectivity index (χ4v) is 3.37. The van der Waals surface area contributed by atoms with Crippen LogP contribution in [0.15, 0.2) is 61.4 Å². The van der Waals surface area contributed by atoms with Gasteiger partial charge in [-0.05, 0) is 24.1 Å². The SMILES string of the molecule is CCn1cc(-c2cccc(Cn3ncc4cnc(Nc5cnn(C)c5)nc43)c2)cn1.